The van der Waals surface area contributed by atoms with Gasteiger partial charge < -0.3 is 14.7 Å². The largest absolute Gasteiger partial charge is 0.481 e. The van der Waals surface area contributed by atoms with Crippen LogP contribution in [-0.4, -0.2) is 42.1 Å². The molecule has 0 aliphatic heterocycles. The zero-order valence-electron chi connectivity index (χ0n) is 12.9. The van der Waals surface area contributed by atoms with E-state index < -0.39 is 5.97 Å². The molecule has 0 bridgehead atoms. The Morgan fingerprint density at radius 1 is 1.23 bits per heavy atom. The lowest BCUT2D eigenvalue weighted by Gasteiger charge is -2.21. The molecular weight excluding hydrogens is 282 g/mol. The molecule has 1 aromatic rings. The average molecular weight is 305 g/mol. The second kappa shape index (κ2) is 7.94. The van der Waals surface area contributed by atoms with Crippen LogP contribution in [0, 0.1) is 11.8 Å². The van der Waals surface area contributed by atoms with Gasteiger partial charge in [-0.15, -0.1) is 0 Å². The predicted molar refractivity (Wildman–Crippen MR) is 82.2 cm³/mol. The Morgan fingerprint density at radius 2 is 1.91 bits per heavy atom. The molecule has 1 amide bonds. The number of benzene rings is 1. The summed E-state index contributed by atoms with van der Waals surface area (Å²) in [4.78, 5) is 24.8. The molecule has 0 saturated heterocycles. The van der Waals surface area contributed by atoms with Gasteiger partial charge in [0.2, 0.25) is 5.91 Å². The van der Waals surface area contributed by atoms with Crippen LogP contribution in [0.25, 0.3) is 0 Å². The van der Waals surface area contributed by atoms with Gasteiger partial charge in [-0.05, 0) is 24.8 Å². The monoisotopic (exact) mass is 305 g/mol. The molecule has 22 heavy (non-hydrogen) atoms. The molecule has 5 heteroatoms. The number of aliphatic carboxylic acids is 1. The lowest BCUT2D eigenvalue weighted by atomic mass is 10.0. The highest BCUT2D eigenvalue weighted by molar-refractivity contribution is 5.80. The van der Waals surface area contributed by atoms with Gasteiger partial charge in [-0.1, -0.05) is 30.3 Å². The van der Waals surface area contributed by atoms with Gasteiger partial charge in [0.1, 0.15) is 0 Å². The summed E-state index contributed by atoms with van der Waals surface area (Å²) in [5, 5.41) is 8.99. The molecule has 1 fully saturated rings. The van der Waals surface area contributed by atoms with E-state index in [0.29, 0.717) is 39.0 Å². The Kier molecular flexibility index (Phi) is 5.95. The summed E-state index contributed by atoms with van der Waals surface area (Å²) < 4.78 is 5.57. The lowest BCUT2D eigenvalue weighted by molar-refractivity contribution is -0.141. The molecule has 0 unspecified atom stereocenters. The minimum absolute atomic E-state index is 0.0343. The van der Waals surface area contributed by atoms with E-state index in [1.165, 1.54) is 0 Å². The predicted octanol–water partition coefficient (Wildman–Crippen LogP) is 2.16. The molecule has 2 rings (SSSR count). The van der Waals surface area contributed by atoms with Crippen LogP contribution in [0.4, 0.5) is 0 Å². The summed E-state index contributed by atoms with van der Waals surface area (Å²) in [6.07, 6.45) is 1.73. The Labute approximate surface area is 130 Å². The maximum atomic E-state index is 12.3. The fourth-order valence-electron chi connectivity index (χ4n) is 2.82. The highest BCUT2D eigenvalue weighted by Gasteiger charge is 2.34. The molecule has 0 spiro atoms. The number of carbonyl (C=O) groups is 2. The summed E-state index contributed by atoms with van der Waals surface area (Å²) in [6.45, 7) is 1.54. The first-order valence-corrected chi connectivity index (χ1v) is 7.67. The smallest absolute Gasteiger partial charge is 0.306 e. The molecule has 2 atom stereocenters. The van der Waals surface area contributed by atoms with Crippen LogP contribution < -0.4 is 0 Å². The van der Waals surface area contributed by atoms with E-state index in [-0.39, 0.29) is 17.7 Å². The van der Waals surface area contributed by atoms with Gasteiger partial charge in [0.05, 0.1) is 19.1 Å². The number of rotatable bonds is 7. The normalized spacial score (nSPS) is 20.8. The summed E-state index contributed by atoms with van der Waals surface area (Å²) >= 11 is 0. The number of nitrogens with zero attached hydrogens (tertiary/aromatic N) is 1. The summed E-state index contributed by atoms with van der Waals surface area (Å²) in [5.74, 6) is -1.27. The van der Waals surface area contributed by atoms with Gasteiger partial charge in [-0.2, -0.15) is 0 Å². The first kappa shape index (κ1) is 16.5. The van der Waals surface area contributed by atoms with E-state index >= 15 is 0 Å². The first-order chi connectivity index (χ1) is 10.6. The highest BCUT2D eigenvalue weighted by atomic mass is 16.5. The van der Waals surface area contributed by atoms with Crippen molar-refractivity contribution >= 4 is 11.9 Å². The number of hydrogen-bond donors (Lipinski definition) is 1. The lowest BCUT2D eigenvalue weighted by Crippen LogP contribution is -2.34. The van der Waals surface area contributed by atoms with Crippen LogP contribution in [0.3, 0.4) is 0 Å². The van der Waals surface area contributed by atoms with Crippen LogP contribution in [-0.2, 0) is 20.9 Å². The van der Waals surface area contributed by atoms with Crippen molar-refractivity contribution in [2.75, 3.05) is 20.2 Å². The van der Waals surface area contributed by atoms with Gasteiger partial charge in [0.25, 0.3) is 0 Å². The van der Waals surface area contributed by atoms with E-state index in [0.717, 1.165) is 5.56 Å². The third-order valence-electron chi connectivity index (χ3n) is 4.19. The van der Waals surface area contributed by atoms with E-state index in [2.05, 4.69) is 0 Å². The third kappa shape index (κ3) is 4.56. The number of carbonyl (C=O) groups excluding carboxylic acids is 1. The molecular formula is C17H23NO4. The standard InChI is InChI=1S/C17H23NO4/c1-18(9-10-22-12-13-5-3-2-4-6-13)16(19)14-7-8-15(11-14)17(20)21/h2-6,14-15H,7-12H2,1H3,(H,20,21)/t14-,15+/m1/s1. The number of amides is 1. The Balaban J connectivity index is 1.67. The maximum Gasteiger partial charge on any atom is 0.306 e. The van der Waals surface area contributed by atoms with Gasteiger partial charge in [0.15, 0.2) is 0 Å². The first-order valence-electron chi connectivity index (χ1n) is 7.67. The molecule has 0 radical (unpaired) electrons. The van der Waals surface area contributed by atoms with E-state index in [4.69, 9.17) is 9.84 Å². The van der Waals surface area contributed by atoms with Crippen LogP contribution >= 0.6 is 0 Å². The summed E-state index contributed by atoms with van der Waals surface area (Å²) in [5.41, 5.74) is 1.11. The number of carboxylic acids is 1. The van der Waals surface area contributed by atoms with Gasteiger partial charge in [-0.25, -0.2) is 0 Å². The number of carboxylic acid groups (broad SMARTS) is 1. The molecule has 1 aliphatic carbocycles. The minimum atomic E-state index is -0.788. The van der Waals surface area contributed by atoms with Gasteiger partial charge in [0, 0.05) is 19.5 Å². The quantitative estimate of drug-likeness (QED) is 0.784. The topological polar surface area (TPSA) is 66.8 Å². The van der Waals surface area contributed by atoms with Gasteiger partial charge >= 0.3 is 5.97 Å². The van der Waals surface area contributed by atoms with Gasteiger partial charge in [-0.3, -0.25) is 9.59 Å². The molecule has 5 nitrogen and oxygen atoms in total. The van der Waals surface area contributed by atoms with Crippen molar-refractivity contribution in [2.24, 2.45) is 11.8 Å². The zero-order valence-corrected chi connectivity index (χ0v) is 12.9. The molecule has 0 heterocycles. The zero-order chi connectivity index (χ0) is 15.9. The van der Waals surface area contributed by atoms with Crippen molar-refractivity contribution in [2.45, 2.75) is 25.9 Å². The summed E-state index contributed by atoms with van der Waals surface area (Å²) in [7, 11) is 1.75. The third-order valence-corrected chi connectivity index (χ3v) is 4.19. The molecule has 1 aliphatic rings. The Hall–Kier alpha value is -1.88. The highest BCUT2D eigenvalue weighted by Crippen LogP contribution is 2.32. The summed E-state index contributed by atoms with van der Waals surface area (Å²) in [6, 6.07) is 9.89. The number of ether oxygens (including phenoxy) is 1. The van der Waals surface area contributed by atoms with E-state index in [1.807, 2.05) is 30.3 Å². The van der Waals surface area contributed by atoms with Crippen LogP contribution in [0.15, 0.2) is 30.3 Å². The van der Waals surface area contributed by atoms with Crippen LogP contribution in [0.2, 0.25) is 0 Å². The Bertz CT molecular complexity index is 503. The van der Waals surface area contributed by atoms with Crippen LogP contribution in [0.1, 0.15) is 24.8 Å². The van der Waals surface area contributed by atoms with Crippen LogP contribution in [0.5, 0.6) is 0 Å². The second-order valence-corrected chi connectivity index (χ2v) is 5.84. The van der Waals surface area contributed by atoms with Crippen molar-refractivity contribution < 1.29 is 19.4 Å². The number of hydrogen-bond acceptors (Lipinski definition) is 3. The fourth-order valence-corrected chi connectivity index (χ4v) is 2.82. The molecule has 0 aromatic heterocycles. The Morgan fingerprint density at radius 3 is 2.55 bits per heavy atom. The molecule has 1 saturated carbocycles. The average Bonchev–Trinajstić information content (AvgIpc) is 3.02. The minimum Gasteiger partial charge on any atom is -0.481 e. The maximum absolute atomic E-state index is 12.3. The molecule has 1 aromatic carbocycles. The van der Waals surface area contributed by atoms with E-state index in [9.17, 15) is 9.59 Å². The van der Waals surface area contributed by atoms with Crippen molar-refractivity contribution in [1.29, 1.82) is 0 Å². The van der Waals surface area contributed by atoms with Crippen molar-refractivity contribution in [1.82, 2.24) is 4.90 Å². The SMILES string of the molecule is CN(CCOCc1ccccc1)C(=O)[C@@H]1CC[C@H](C(=O)O)C1. The second-order valence-electron chi connectivity index (χ2n) is 5.84. The molecule has 1 N–H and O–H groups in total. The van der Waals surface area contributed by atoms with Crippen molar-refractivity contribution in [3.63, 3.8) is 0 Å². The van der Waals surface area contributed by atoms with E-state index in [1.54, 1.807) is 11.9 Å². The van der Waals surface area contributed by atoms with Crippen molar-refractivity contribution in [3.05, 3.63) is 35.9 Å². The fraction of sp³-hybridized carbons (Fsp3) is 0.529. The van der Waals surface area contributed by atoms with Crippen molar-refractivity contribution in [3.8, 4) is 0 Å². The molecule has 120 valence electrons. The number of likely N-dealkylation sites (N-methyl/N-ethyl adjacent to an activating group) is 1.